The fraction of sp³-hybridized carbons (Fsp3) is 0.577. The third-order valence-corrected chi connectivity index (χ3v) is 7.53. The first-order chi connectivity index (χ1) is 16.8. The zero-order valence-electron chi connectivity index (χ0n) is 20.8. The van der Waals surface area contributed by atoms with Gasteiger partial charge in [-0.3, -0.25) is 9.69 Å². The number of halogens is 1. The van der Waals surface area contributed by atoms with Gasteiger partial charge in [0.2, 0.25) is 5.91 Å². The maximum Gasteiger partial charge on any atom is 0.231 e. The Balaban J connectivity index is 1.50. The minimum atomic E-state index is -0.535. The van der Waals surface area contributed by atoms with E-state index in [-0.39, 0.29) is 30.4 Å². The van der Waals surface area contributed by atoms with Crippen molar-refractivity contribution in [1.82, 2.24) is 19.8 Å². The van der Waals surface area contributed by atoms with Gasteiger partial charge in [0.25, 0.3) is 0 Å². The molecular weight excluding hydrogens is 466 g/mol. The monoisotopic (exact) mass is 501 g/mol. The molecule has 2 heterocycles. The second-order valence-electron chi connectivity index (χ2n) is 9.88. The number of amides is 1. The third kappa shape index (κ3) is 5.61. The van der Waals surface area contributed by atoms with Crippen molar-refractivity contribution in [2.24, 2.45) is 0 Å². The summed E-state index contributed by atoms with van der Waals surface area (Å²) >= 11 is 6.11. The highest BCUT2D eigenvalue weighted by molar-refractivity contribution is 6.30. The van der Waals surface area contributed by atoms with Crippen LogP contribution in [-0.4, -0.2) is 87.8 Å². The summed E-state index contributed by atoms with van der Waals surface area (Å²) in [6.45, 7) is 9.91. The van der Waals surface area contributed by atoms with E-state index < -0.39 is 6.10 Å². The van der Waals surface area contributed by atoms with Crippen LogP contribution in [0.1, 0.15) is 62.0 Å². The van der Waals surface area contributed by atoms with E-state index in [1.54, 1.807) is 0 Å². The fourth-order valence-electron chi connectivity index (χ4n) is 5.26. The molecule has 2 aliphatic rings. The molecule has 4 rings (SSSR count). The highest BCUT2D eigenvalue weighted by Crippen LogP contribution is 2.42. The van der Waals surface area contributed by atoms with E-state index in [1.165, 1.54) is 6.33 Å². The van der Waals surface area contributed by atoms with Crippen LogP contribution in [0.5, 0.6) is 0 Å². The van der Waals surface area contributed by atoms with E-state index in [2.05, 4.69) is 40.5 Å². The molecule has 2 N–H and O–H groups in total. The van der Waals surface area contributed by atoms with Gasteiger partial charge in [0.1, 0.15) is 12.1 Å². The number of rotatable bonds is 8. The van der Waals surface area contributed by atoms with Gasteiger partial charge in [-0.15, -0.1) is 0 Å². The number of aliphatic hydroxyl groups excluding tert-OH is 2. The molecule has 1 aromatic heterocycles. The van der Waals surface area contributed by atoms with Crippen LogP contribution in [0.2, 0.25) is 5.02 Å². The number of anilines is 1. The summed E-state index contributed by atoms with van der Waals surface area (Å²) in [6, 6.07) is 7.71. The second-order valence-corrected chi connectivity index (χ2v) is 10.3. The predicted molar refractivity (Wildman–Crippen MR) is 137 cm³/mol. The number of fused-ring (bicyclic) bond motifs is 1. The van der Waals surface area contributed by atoms with Crippen LogP contribution in [-0.2, 0) is 4.79 Å². The Morgan fingerprint density at radius 3 is 2.49 bits per heavy atom. The van der Waals surface area contributed by atoms with E-state index in [0.29, 0.717) is 50.7 Å². The summed E-state index contributed by atoms with van der Waals surface area (Å²) in [5.74, 6) is 0.839. The van der Waals surface area contributed by atoms with E-state index in [4.69, 9.17) is 11.6 Å². The molecule has 1 aromatic carbocycles. The fourth-order valence-corrected chi connectivity index (χ4v) is 5.38. The molecule has 0 radical (unpaired) electrons. The summed E-state index contributed by atoms with van der Waals surface area (Å²) in [5.41, 5.74) is 2.71. The largest absolute Gasteiger partial charge is 0.395 e. The van der Waals surface area contributed by atoms with E-state index in [0.717, 1.165) is 22.6 Å². The van der Waals surface area contributed by atoms with Crippen molar-refractivity contribution in [3.8, 4) is 0 Å². The molecule has 35 heavy (non-hydrogen) atoms. The Morgan fingerprint density at radius 1 is 1.17 bits per heavy atom. The SMILES string of the molecule is CC(C)N(CCO)C[C@@H](C(=O)N1CCN(c2ncnc3c2[C@H](C)C[C@H]3O)CC1)c1ccc(Cl)cc1. The molecule has 9 heteroatoms. The lowest BCUT2D eigenvalue weighted by Crippen LogP contribution is -2.52. The van der Waals surface area contributed by atoms with E-state index >= 15 is 0 Å². The molecule has 1 saturated heterocycles. The van der Waals surface area contributed by atoms with E-state index in [1.807, 2.05) is 29.2 Å². The highest BCUT2D eigenvalue weighted by Gasteiger charge is 2.35. The molecule has 1 amide bonds. The lowest BCUT2D eigenvalue weighted by Gasteiger charge is -2.39. The lowest BCUT2D eigenvalue weighted by molar-refractivity contribution is -0.133. The number of hydrogen-bond acceptors (Lipinski definition) is 7. The van der Waals surface area contributed by atoms with E-state index in [9.17, 15) is 15.0 Å². The van der Waals surface area contributed by atoms with Crippen LogP contribution in [0.3, 0.4) is 0 Å². The first-order valence-electron chi connectivity index (χ1n) is 12.5. The molecule has 1 aliphatic heterocycles. The molecule has 0 unspecified atom stereocenters. The number of piperazine rings is 1. The van der Waals surface area contributed by atoms with Gasteiger partial charge in [-0.05, 0) is 43.9 Å². The van der Waals surface area contributed by atoms with Crippen molar-refractivity contribution in [3.05, 3.63) is 52.4 Å². The minimum Gasteiger partial charge on any atom is -0.395 e. The van der Waals surface area contributed by atoms with Crippen LogP contribution >= 0.6 is 11.6 Å². The molecule has 1 aliphatic carbocycles. The summed E-state index contributed by atoms with van der Waals surface area (Å²) in [7, 11) is 0. The van der Waals surface area contributed by atoms with Gasteiger partial charge in [-0.25, -0.2) is 9.97 Å². The van der Waals surface area contributed by atoms with Crippen molar-refractivity contribution in [2.45, 2.75) is 51.2 Å². The lowest BCUT2D eigenvalue weighted by atomic mass is 9.95. The zero-order chi connectivity index (χ0) is 25.1. The van der Waals surface area contributed by atoms with Gasteiger partial charge in [0.15, 0.2) is 0 Å². The second kappa shape index (κ2) is 11.2. The van der Waals surface area contributed by atoms with Gasteiger partial charge >= 0.3 is 0 Å². The molecule has 0 saturated carbocycles. The number of carbonyl (C=O) groups excluding carboxylic acids is 1. The van der Waals surface area contributed by atoms with Crippen LogP contribution < -0.4 is 4.90 Å². The summed E-state index contributed by atoms with van der Waals surface area (Å²) in [5, 5.41) is 20.5. The predicted octanol–water partition coefficient (Wildman–Crippen LogP) is 2.81. The number of nitrogens with zero attached hydrogens (tertiary/aromatic N) is 5. The topological polar surface area (TPSA) is 93.0 Å². The number of aromatic nitrogens is 2. The molecule has 2 aromatic rings. The molecule has 0 bridgehead atoms. The number of aliphatic hydroxyl groups is 2. The quantitative estimate of drug-likeness (QED) is 0.574. The van der Waals surface area contributed by atoms with Gasteiger partial charge in [0, 0.05) is 55.9 Å². The van der Waals surface area contributed by atoms with Crippen molar-refractivity contribution < 1.29 is 15.0 Å². The van der Waals surface area contributed by atoms with Crippen LogP contribution in [0.25, 0.3) is 0 Å². The molecule has 190 valence electrons. The van der Waals surface area contributed by atoms with Crippen LogP contribution in [0, 0.1) is 0 Å². The first-order valence-corrected chi connectivity index (χ1v) is 12.8. The Hall–Kier alpha value is -2.26. The van der Waals surface area contributed by atoms with Gasteiger partial charge in [0.05, 0.1) is 24.3 Å². The number of carbonyl (C=O) groups is 1. The van der Waals surface area contributed by atoms with Gasteiger partial charge < -0.3 is 20.0 Å². The van der Waals surface area contributed by atoms with Crippen molar-refractivity contribution >= 4 is 23.3 Å². The Bertz CT molecular complexity index is 1010. The van der Waals surface area contributed by atoms with Crippen molar-refractivity contribution in [3.63, 3.8) is 0 Å². The average Bonchev–Trinajstić information content (AvgIpc) is 3.15. The minimum absolute atomic E-state index is 0.0504. The molecule has 3 atom stereocenters. The van der Waals surface area contributed by atoms with Crippen molar-refractivity contribution in [2.75, 3.05) is 50.8 Å². The zero-order valence-corrected chi connectivity index (χ0v) is 21.5. The molecular formula is C26H36ClN5O3. The van der Waals surface area contributed by atoms with Crippen LogP contribution in [0.15, 0.2) is 30.6 Å². The highest BCUT2D eigenvalue weighted by atomic mass is 35.5. The summed E-state index contributed by atoms with van der Waals surface area (Å²) < 4.78 is 0. The summed E-state index contributed by atoms with van der Waals surface area (Å²) in [4.78, 5) is 29.0. The molecule has 0 spiro atoms. The van der Waals surface area contributed by atoms with Crippen molar-refractivity contribution in [1.29, 1.82) is 0 Å². The maximum absolute atomic E-state index is 13.8. The Kier molecular flexibility index (Phi) is 8.27. The van der Waals surface area contributed by atoms with Crippen LogP contribution in [0.4, 0.5) is 5.82 Å². The van der Waals surface area contributed by atoms with Gasteiger partial charge in [-0.1, -0.05) is 30.7 Å². The Labute approximate surface area is 212 Å². The smallest absolute Gasteiger partial charge is 0.231 e. The third-order valence-electron chi connectivity index (χ3n) is 7.27. The standard InChI is InChI=1S/C26H36ClN5O3/c1-17(2)32(12-13-33)15-21(19-4-6-20(27)7-5-19)26(35)31-10-8-30(9-11-31)25-23-18(3)14-22(34)24(23)28-16-29-25/h4-7,16-18,21-22,33-34H,8-15H2,1-3H3/t18-,21-,22-/m1/s1. The first kappa shape index (κ1) is 25.8. The molecule has 8 nitrogen and oxygen atoms in total. The van der Waals surface area contributed by atoms with Gasteiger partial charge in [-0.2, -0.15) is 0 Å². The number of benzene rings is 1. The molecule has 1 fully saturated rings. The number of hydrogen-bond donors (Lipinski definition) is 2. The Morgan fingerprint density at radius 2 is 1.86 bits per heavy atom. The average molecular weight is 502 g/mol. The summed E-state index contributed by atoms with van der Waals surface area (Å²) in [6.07, 6.45) is 1.67. The maximum atomic E-state index is 13.8. The normalized spacial score (nSPS) is 21.0.